The first kappa shape index (κ1) is 21.0. The van der Waals surface area contributed by atoms with Gasteiger partial charge in [-0.2, -0.15) is 0 Å². The second kappa shape index (κ2) is 9.06. The molecule has 0 fully saturated rings. The average Bonchev–Trinajstić information content (AvgIpc) is 2.66. The van der Waals surface area contributed by atoms with Gasteiger partial charge < -0.3 is 4.90 Å². The molecule has 0 saturated heterocycles. The van der Waals surface area contributed by atoms with E-state index in [0.717, 1.165) is 6.42 Å². The average molecular weight is 407 g/mol. The highest BCUT2D eigenvalue weighted by Gasteiger charge is 2.25. The third kappa shape index (κ3) is 4.90. The van der Waals surface area contributed by atoms with Crippen LogP contribution in [0, 0.1) is 0 Å². The van der Waals surface area contributed by atoms with Gasteiger partial charge >= 0.3 is 0 Å². The molecule has 0 aliphatic heterocycles. The van der Waals surface area contributed by atoms with E-state index in [1.54, 1.807) is 48.3 Å². The smallest absolute Gasteiger partial charge is 0.264 e. The third-order valence-electron chi connectivity index (χ3n) is 3.98. The maximum absolute atomic E-state index is 13.2. The minimum atomic E-state index is -3.87. The lowest BCUT2D eigenvalue weighted by Crippen LogP contribution is -2.32. The zero-order valence-electron chi connectivity index (χ0n) is 15.4. The number of carbonyl (C=O) groups is 1. The standard InChI is InChI=1S/C20H23ClN2O3S/c1-4-13-22(3)20(24)16-7-6-8-19(15-16)27(25,26)23(14-5-2)18-11-9-17(21)10-12-18/h5-12,15H,2,4,13-14H2,1,3H3. The minimum absolute atomic E-state index is 0.0510. The van der Waals surface area contributed by atoms with Crippen molar-refractivity contribution >= 4 is 33.2 Å². The number of anilines is 1. The number of benzene rings is 2. The molecule has 0 aliphatic carbocycles. The maximum Gasteiger partial charge on any atom is 0.264 e. The molecule has 5 nitrogen and oxygen atoms in total. The van der Waals surface area contributed by atoms with E-state index in [2.05, 4.69) is 6.58 Å². The summed E-state index contributed by atoms with van der Waals surface area (Å²) in [5.74, 6) is -0.212. The fourth-order valence-electron chi connectivity index (χ4n) is 2.64. The van der Waals surface area contributed by atoms with Gasteiger partial charge in [-0.05, 0) is 48.9 Å². The van der Waals surface area contributed by atoms with Crippen LogP contribution in [-0.4, -0.2) is 39.4 Å². The highest BCUT2D eigenvalue weighted by molar-refractivity contribution is 7.92. The molecule has 0 heterocycles. The van der Waals surface area contributed by atoms with Crippen LogP contribution in [0.4, 0.5) is 5.69 Å². The lowest BCUT2D eigenvalue weighted by molar-refractivity contribution is 0.0795. The molecule has 0 N–H and O–H groups in total. The molecule has 7 heteroatoms. The molecular weight excluding hydrogens is 384 g/mol. The molecule has 2 rings (SSSR count). The first-order valence-corrected chi connectivity index (χ1v) is 10.4. The zero-order valence-corrected chi connectivity index (χ0v) is 17.0. The maximum atomic E-state index is 13.2. The molecule has 1 amide bonds. The van der Waals surface area contributed by atoms with Crippen molar-refractivity contribution in [2.75, 3.05) is 24.4 Å². The van der Waals surface area contributed by atoms with E-state index in [1.807, 2.05) is 6.92 Å². The summed E-state index contributed by atoms with van der Waals surface area (Å²) in [5.41, 5.74) is 0.806. The number of hydrogen-bond donors (Lipinski definition) is 0. The predicted molar refractivity (Wildman–Crippen MR) is 110 cm³/mol. The van der Waals surface area contributed by atoms with Crippen LogP contribution >= 0.6 is 11.6 Å². The Hall–Kier alpha value is -2.31. The highest BCUT2D eigenvalue weighted by atomic mass is 35.5. The molecule has 27 heavy (non-hydrogen) atoms. The zero-order chi connectivity index (χ0) is 20.0. The Labute approximate surface area is 165 Å². The molecular formula is C20H23ClN2O3S. The summed E-state index contributed by atoms with van der Waals surface area (Å²) < 4.78 is 27.6. The van der Waals surface area contributed by atoms with E-state index in [9.17, 15) is 13.2 Å². The van der Waals surface area contributed by atoms with Crippen LogP contribution in [0.5, 0.6) is 0 Å². The molecule has 0 saturated carbocycles. The van der Waals surface area contributed by atoms with Crippen molar-refractivity contribution in [2.45, 2.75) is 18.2 Å². The molecule has 0 spiro atoms. The summed E-state index contributed by atoms with van der Waals surface area (Å²) in [5, 5.41) is 0.515. The summed E-state index contributed by atoms with van der Waals surface area (Å²) in [6, 6.07) is 12.6. The van der Waals surface area contributed by atoms with Crippen molar-refractivity contribution in [1.29, 1.82) is 0 Å². The summed E-state index contributed by atoms with van der Waals surface area (Å²) in [6.07, 6.45) is 2.33. The van der Waals surface area contributed by atoms with Gasteiger partial charge in [-0.1, -0.05) is 30.7 Å². The number of sulfonamides is 1. The Balaban J connectivity index is 2.44. The lowest BCUT2D eigenvalue weighted by atomic mass is 10.2. The van der Waals surface area contributed by atoms with Crippen LogP contribution in [0.2, 0.25) is 5.02 Å². The summed E-state index contributed by atoms with van der Waals surface area (Å²) in [6.45, 7) is 6.32. The van der Waals surface area contributed by atoms with Crippen molar-refractivity contribution in [3.63, 3.8) is 0 Å². The van der Waals surface area contributed by atoms with E-state index in [0.29, 0.717) is 22.8 Å². The van der Waals surface area contributed by atoms with E-state index in [-0.39, 0.29) is 17.3 Å². The monoisotopic (exact) mass is 406 g/mol. The van der Waals surface area contributed by atoms with Crippen molar-refractivity contribution in [3.05, 3.63) is 71.8 Å². The second-order valence-electron chi connectivity index (χ2n) is 6.06. The van der Waals surface area contributed by atoms with Crippen LogP contribution in [0.3, 0.4) is 0 Å². The Kier molecular flexibility index (Phi) is 7.05. The summed E-state index contributed by atoms with van der Waals surface area (Å²) >= 11 is 5.91. The number of halogens is 1. The Morgan fingerprint density at radius 2 is 1.85 bits per heavy atom. The normalized spacial score (nSPS) is 11.1. The van der Waals surface area contributed by atoms with Crippen LogP contribution in [0.1, 0.15) is 23.7 Å². The Bertz CT molecular complexity index is 911. The largest absolute Gasteiger partial charge is 0.342 e. The van der Waals surface area contributed by atoms with E-state index in [1.165, 1.54) is 22.5 Å². The van der Waals surface area contributed by atoms with E-state index >= 15 is 0 Å². The van der Waals surface area contributed by atoms with Gasteiger partial charge in [-0.15, -0.1) is 6.58 Å². The molecule has 2 aromatic carbocycles. The van der Waals surface area contributed by atoms with Crippen LogP contribution in [0.25, 0.3) is 0 Å². The third-order valence-corrected chi connectivity index (χ3v) is 6.03. The van der Waals surface area contributed by atoms with Crippen molar-refractivity contribution < 1.29 is 13.2 Å². The molecule has 0 aromatic heterocycles. The fourth-order valence-corrected chi connectivity index (χ4v) is 4.25. The fraction of sp³-hybridized carbons (Fsp3) is 0.250. The number of rotatable bonds is 8. The van der Waals surface area contributed by atoms with Gasteiger partial charge in [0.1, 0.15) is 0 Å². The first-order valence-electron chi connectivity index (χ1n) is 8.56. The Morgan fingerprint density at radius 3 is 2.44 bits per heavy atom. The number of nitrogens with zero attached hydrogens (tertiary/aromatic N) is 2. The Morgan fingerprint density at radius 1 is 1.19 bits per heavy atom. The SMILES string of the molecule is C=CCN(c1ccc(Cl)cc1)S(=O)(=O)c1cccc(C(=O)N(C)CCC)c1. The van der Waals surface area contributed by atoms with Gasteiger partial charge in [0.05, 0.1) is 17.1 Å². The number of carbonyl (C=O) groups excluding carboxylic acids is 1. The first-order chi connectivity index (χ1) is 12.8. The number of amides is 1. The second-order valence-corrected chi connectivity index (χ2v) is 8.35. The van der Waals surface area contributed by atoms with E-state index in [4.69, 9.17) is 11.6 Å². The highest BCUT2D eigenvalue weighted by Crippen LogP contribution is 2.26. The van der Waals surface area contributed by atoms with Gasteiger partial charge in [0.2, 0.25) is 0 Å². The van der Waals surface area contributed by atoms with Gasteiger partial charge in [0.15, 0.2) is 0 Å². The lowest BCUT2D eigenvalue weighted by Gasteiger charge is -2.24. The molecule has 0 radical (unpaired) electrons. The summed E-state index contributed by atoms with van der Waals surface area (Å²) in [7, 11) is -2.18. The van der Waals surface area contributed by atoms with Crippen LogP contribution in [-0.2, 0) is 10.0 Å². The quantitative estimate of drug-likeness (QED) is 0.617. The summed E-state index contributed by atoms with van der Waals surface area (Å²) in [4.78, 5) is 14.1. The van der Waals surface area contributed by atoms with Crippen molar-refractivity contribution in [3.8, 4) is 0 Å². The predicted octanol–water partition coefficient (Wildman–Crippen LogP) is 4.20. The molecule has 0 unspecified atom stereocenters. The minimum Gasteiger partial charge on any atom is -0.342 e. The molecule has 0 aliphatic rings. The van der Waals surface area contributed by atoms with Crippen molar-refractivity contribution in [1.82, 2.24) is 4.90 Å². The molecule has 0 bridgehead atoms. The van der Waals surface area contributed by atoms with Gasteiger partial charge in [-0.3, -0.25) is 9.10 Å². The topological polar surface area (TPSA) is 57.7 Å². The van der Waals surface area contributed by atoms with Gasteiger partial charge in [-0.25, -0.2) is 8.42 Å². The molecule has 2 aromatic rings. The number of hydrogen-bond acceptors (Lipinski definition) is 3. The van der Waals surface area contributed by atoms with Crippen molar-refractivity contribution in [2.24, 2.45) is 0 Å². The molecule has 144 valence electrons. The van der Waals surface area contributed by atoms with Gasteiger partial charge in [0, 0.05) is 24.2 Å². The van der Waals surface area contributed by atoms with Crippen LogP contribution in [0.15, 0.2) is 66.1 Å². The van der Waals surface area contributed by atoms with Gasteiger partial charge in [0.25, 0.3) is 15.9 Å². The molecule has 0 atom stereocenters. The van der Waals surface area contributed by atoms with Crippen LogP contribution < -0.4 is 4.31 Å². The van der Waals surface area contributed by atoms with E-state index < -0.39 is 10.0 Å².